The van der Waals surface area contributed by atoms with Crippen molar-refractivity contribution in [3.8, 4) is 0 Å². The minimum absolute atomic E-state index is 0.187. The maximum Gasteiger partial charge on any atom is 0.0452 e. The van der Waals surface area contributed by atoms with Gasteiger partial charge in [-0.25, -0.2) is 0 Å². The van der Waals surface area contributed by atoms with Crippen LogP contribution in [0.1, 0.15) is 18.9 Å². The van der Waals surface area contributed by atoms with Crippen LogP contribution in [0.15, 0.2) is 18.2 Å². The molecule has 13 heavy (non-hydrogen) atoms. The van der Waals surface area contributed by atoms with Gasteiger partial charge >= 0.3 is 0 Å². The Labute approximate surface area is 88.8 Å². The normalized spacial score (nSPS) is 12.9. The van der Waals surface area contributed by atoms with Crippen LogP contribution in [-0.4, -0.2) is 6.04 Å². The summed E-state index contributed by atoms with van der Waals surface area (Å²) >= 11 is 12.0. The predicted molar refractivity (Wildman–Crippen MR) is 58.4 cm³/mol. The lowest BCUT2D eigenvalue weighted by Gasteiger charge is -2.08. The van der Waals surface area contributed by atoms with E-state index >= 15 is 0 Å². The number of benzene rings is 1. The molecule has 1 nitrogen and oxygen atoms in total. The average molecular weight is 218 g/mol. The highest BCUT2D eigenvalue weighted by atomic mass is 35.5. The maximum atomic E-state index is 5.99. The van der Waals surface area contributed by atoms with Crippen LogP contribution in [0.2, 0.25) is 10.0 Å². The fourth-order valence-electron chi connectivity index (χ4n) is 1.14. The Bertz CT molecular complexity index is 264. The van der Waals surface area contributed by atoms with E-state index in [1.807, 2.05) is 25.1 Å². The average Bonchev–Trinajstić information content (AvgIpc) is 2.03. The van der Waals surface area contributed by atoms with Crippen LogP contribution in [0.25, 0.3) is 0 Å². The zero-order valence-electron chi connectivity index (χ0n) is 7.56. The first kappa shape index (κ1) is 10.8. The van der Waals surface area contributed by atoms with Gasteiger partial charge in [0.05, 0.1) is 0 Å². The standard InChI is InChI=1S/C10H13Cl2N/c1-7(13)5-6-8-9(11)3-2-4-10(8)12/h2-4,7H,5-6,13H2,1H3/t7-/m1/s1. The lowest BCUT2D eigenvalue weighted by Crippen LogP contribution is -2.15. The predicted octanol–water partition coefficient (Wildman–Crippen LogP) is 3.27. The second kappa shape index (κ2) is 4.85. The van der Waals surface area contributed by atoms with Crippen LogP contribution >= 0.6 is 23.2 Å². The Hall–Kier alpha value is -0.240. The van der Waals surface area contributed by atoms with Gasteiger partial charge in [-0.3, -0.25) is 0 Å². The van der Waals surface area contributed by atoms with Crippen LogP contribution in [0, 0.1) is 0 Å². The zero-order valence-corrected chi connectivity index (χ0v) is 9.07. The molecule has 0 radical (unpaired) electrons. The second-order valence-electron chi connectivity index (χ2n) is 3.22. The van der Waals surface area contributed by atoms with Gasteiger partial charge in [0.1, 0.15) is 0 Å². The first-order chi connectivity index (χ1) is 6.11. The molecule has 0 aliphatic rings. The number of hydrogen-bond donors (Lipinski definition) is 1. The molecule has 0 saturated carbocycles. The third-order valence-corrected chi connectivity index (χ3v) is 2.62. The Morgan fingerprint density at radius 3 is 2.31 bits per heavy atom. The van der Waals surface area contributed by atoms with Gasteiger partial charge < -0.3 is 5.73 Å². The molecular weight excluding hydrogens is 205 g/mol. The molecule has 1 aromatic carbocycles. The Balaban J connectivity index is 2.75. The van der Waals surface area contributed by atoms with Crippen molar-refractivity contribution in [1.82, 2.24) is 0 Å². The lowest BCUT2D eigenvalue weighted by atomic mass is 10.1. The third kappa shape index (κ3) is 3.18. The van der Waals surface area contributed by atoms with E-state index in [-0.39, 0.29) is 6.04 Å². The van der Waals surface area contributed by atoms with E-state index in [9.17, 15) is 0 Å². The highest BCUT2D eigenvalue weighted by Gasteiger charge is 2.05. The molecule has 1 aromatic rings. The Kier molecular flexibility index (Phi) is 4.04. The minimum Gasteiger partial charge on any atom is -0.328 e. The molecule has 0 aromatic heterocycles. The quantitative estimate of drug-likeness (QED) is 0.827. The van der Waals surface area contributed by atoms with Crippen molar-refractivity contribution in [2.24, 2.45) is 5.73 Å². The largest absolute Gasteiger partial charge is 0.328 e. The Morgan fingerprint density at radius 1 is 1.31 bits per heavy atom. The van der Waals surface area contributed by atoms with Crippen molar-refractivity contribution in [2.45, 2.75) is 25.8 Å². The summed E-state index contributed by atoms with van der Waals surface area (Å²) in [6.07, 6.45) is 1.75. The van der Waals surface area contributed by atoms with E-state index in [1.54, 1.807) is 0 Å². The fourth-order valence-corrected chi connectivity index (χ4v) is 1.73. The molecule has 2 N–H and O–H groups in total. The SMILES string of the molecule is C[C@@H](N)CCc1c(Cl)cccc1Cl. The van der Waals surface area contributed by atoms with Gasteiger partial charge in [0.2, 0.25) is 0 Å². The number of nitrogens with two attached hydrogens (primary N) is 1. The molecule has 3 heteroatoms. The number of rotatable bonds is 3. The van der Waals surface area contributed by atoms with E-state index in [2.05, 4.69) is 0 Å². The van der Waals surface area contributed by atoms with Crippen LogP contribution in [0.5, 0.6) is 0 Å². The van der Waals surface area contributed by atoms with Gasteiger partial charge in [-0.15, -0.1) is 0 Å². The first-order valence-electron chi connectivity index (χ1n) is 4.29. The summed E-state index contributed by atoms with van der Waals surface area (Å²) < 4.78 is 0. The topological polar surface area (TPSA) is 26.0 Å². The van der Waals surface area contributed by atoms with Crippen molar-refractivity contribution in [3.63, 3.8) is 0 Å². The fraction of sp³-hybridized carbons (Fsp3) is 0.400. The van der Waals surface area contributed by atoms with Crippen LogP contribution in [0.3, 0.4) is 0 Å². The van der Waals surface area contributed by atoms with Gasteiger partial charge in [0.15, 0.2) is 0 Å². The second-order valence-corrected chi connectivity index (χ2v) is 4.03. The zero-order chi connectivity index (χ0) is 9.84. The summed E-state index contributed by atoms with van der Waals surface area (Å²) in [5.74, 6) is 0. The third-order valence-electron chi connectivity index (χ3n) is 1.91. The molecule has 0 amide bonds. The van der Waals surface area contributed by atoms with Gasteiger partial charge in [-0.05, 0) is 37.5 Å². The van der Waals surface area contributed by atoms with E-state index in [4.69, 9.17) is 28.9 Å². The van der Waals surface area contributed by atoms with Gasteiger partial charge in [-0.1, -0.05) is 29.3 Å². The van der Waals surface area contributed by atoms with E-state index in [0.29, 0.717) is 0 Å². The molecule has 0 bridgehead atoms. The smallest absolute Gasteiger partial charge is 0.0452 e. The summed E-state index contributed by atoms with van der Waals surface area (Å²) in [6, 6.07) is 5.74. The molecule has 0 spiro atoms. The molecule has 72 valence electrons. The summed E-state index contributed by atoms with van der Waals surface area (Å²) in [7, 11) is 0. The molecule has 0 fully saturated rings. The summed E-state index contributed by atoms with van der Waals surface area (Å²) in [5, 5.41) is 1.46. The molecule has 0 saturated heterocycles. The van der Waals surface area contributed by atoms with E-state index in [1.165, 1.54) is 0 Å². The van der Waals surface area contributed by atoms with Crippen LogP contribution in [-0.2, 0) is 6.42 Å². The van der Waals surface area contributed by atoms with Gasteiger partial charge in [0.25, 0.3) is 0 Å². The molecule has 1 atom stereocenters. The minimum atomic E-state index is 0.187. The molecule has 0 unspecified atom stereocenters. The highest BCUT2D eigenvalue weighted by molar-refractivity contribution is 6.35. The van der Waals surface area contributed by atoms with Crippen LogP contribution in [0.4, 0.5) is 0 Å². The highest BCUT2D eigenvalue weighted by Crippen LogP contribution is 2.25. The van der Waals surface area contributed by atoms with Crippen molar-refractivity contribution in [2.75, 3.05) is 0 Å². The Morgan fingerprint density at radius 2 is 1.85 bits per heavy atom. The molecule has 0 aliphatic heterocycles. The van der Waals surface area contributed by atoms with Crippen LogP contribution < -0.4 is 5.73 Å². The van der Waals surface area contributed by atoms with Crippen molar-refractivity contribution < 1.29 is 0 Å². The summed E-state index contributed by atoms with van der Waals surface area (Å²) in [5.41, 5.74) is 6.66. The summed E-state index contributed by atoms with van der Waals surface area (Å²) in [6.45, 7) is 1.98. The monoisotopic (exact) mass is 217 g/mol. The van der Waals surface area contributed by atoms with E-state index in [0.717, 1.165) is 28.5 Å². The maximum absolute atomic E-state index is 5.99. The molecule has 0 heterocycles. The van der Waals surface area contributed by atoms with E-state index < -0.39 is 0 Å². The molecular formula is C10H13Cl2N. The van der Waals surface area contributed by atoms with Gasteiger partial charge in [-0.2, -0.15) is 0 Å². The lowest BCUT2D eigenvalue weighted by molar-refractivity contribution is 0.666. The molecule has 1 rings (SSSR count). The van der Waals surface area contributed by atoms with Crippen molar-refractivity contribution in [3.05, 3.63) is 33.8 Å². The number of halogens is 2. The van der Waals surface area contributed by atoms with Crippen molar-refractivity contribution in [1.29, 1.82) is 0 Å². The van der Waals surface area contributed by atoms with Gasteiger partial charge in [0, 0.05) is 16.1 Å². The number of hydrogen-bond acceptors (Lipinski definition) is 1. The summed E-state index contributed by atoms with van der Waals surface area (Å²) in [4.78, 5) is 0. The first-order valence-corrected chi connectivity index (χ1v) is 5.05. The molecule has 0 aliphatic carbocycles. The van der Waals surface area contributed by atoms with Crippen molar-refractivity contribution >= 4 is 23.2 Å².